The van der Waals surface area contributed by atoms with Crippen molar-refractivity contribution in [2.75, 3.05) is 57.4 Å². The maximum absolute atomic E-state index is 6.04. The molecule has 5 heterocycles. The summed E-state index contributed by atoms with van der Waals surface area (Å²) in [6.45, 7) is 8.91. The molecule has 0 aromatic heterocycles. The molecule has 5 aliphatic rings. The van der Waals surface area contributed by atoms with Crippen molar-refractivity contribution >= 4 is 5.69 Å². The largest absolute Gasteiger partial charge is 0.381 e. The number of morpholine rings is 1. The van der Waals surface area contributed by atoms with Gasteiger partial charge in [0.05, 0.1) is 12.2 Å². The van der Waals surface area contributed by atoms with Gasteiger partial charge in [-0.2, -0.15) is 0 Å². The Bertz CT molecular complexity index is 741. The van der Waals surface area contributed by atoms with Crippen LogP contribution in [0, 0.1) is 5.41 Å². The van der Waals surface area contributed by atoms with E-state index in [0.717, 1.165) is 26.3 Å². The van der Waals surface area contributed by atoms with E-state index in [9.17, 15) is 0 Å². The highest BCUT2D eigenvalue weighted by molar-refractivity contribution is 5.52. The van der Waals surface area contributed by atoms with Gasteiger partial charge in [-0.05, 0) is 80.0 Å². The van der Waals surface area contributed by atoms with E-state index in [1.54, 1.807) is 11.1 Å². The summed E-state index contributed by atoms with van der Waals surface area (Å²) in [6, 6.07) is 7.28. The maximum atomic E-state index is 6.04. The molecule has 4 saturated heterocycles. The highest BCUT2D eigenvalue weighted by atomic mass is 16.5. The lowest BCUT2D eigenvalue weighted by Crippen LogP contribution is -2.51. The smallest absolute Gasteiger partial charge is 0.0755 e. The Kier molecular flexibility index (Phi) is 5.27. The molecule has 2 bridgehead atoms. The van der Waals surface area contributed by atoms with Crippen molar-refractivity contribution in [2.45, 2.75) is 63.6 Å². The molecule has 164 valence electrons. The molecule has 0 aliphatic carbocycles. The molecule has 6 rings (SSSR count). The molecule has 0 saturated carbocycles. The van der Waals surface area contributed by atoms with Gasteiger partial charge in [0, 0.05) is 58.2 Å². The summed E-state index contributed by atoms with van der Waals surface area (Å²) in [5, 5.41) is 5.34. The van der Waals surface area contributed by atoms with Crippen LogP contribution in [0.25, 0.3) is 0 Å². The number of anilines is 1. The molecule has 5 heteroatoms. The standard InChI is InChI=1S/C25H37N3O2/c1-2-22(26-18-23-3-4-24(19-26)30-23)17-21-6-12-27(11-5-20(1)21)28-13-7-25(8-14-28)9-15-29-16-10-25/h1-2,17,23-24H,3-16,18-19H2. The summed E-state index contributed by atoms with van der Waals surface area (Å²) in [5.74, 6) is 0. The van der Waals surface area contributed by atoms with Crippen molar-refractivity contribution in [3.05, 3.63) is 29.3 Å². The Morgan fingerprint density at radius 3 is 2.17 bits per heavy atom. The van der Waals surface area contributed by atoms with Gasteiger partial charge >= 0.3 is 0 Å². The Morgan fingerprint density at radius 1 is 0.767 bits per heavy atom. The van der Waals surface area contributed by atoms with Crippen LogP contribution in [0.4, 0.5) is 5.69 Å². The predicted octanol–water partition coefficient (Wildman–Crippen LogP) is 3.26. The molecule has 1 aromatic carbocycles. The van der Waals surface area contributed by atoms with Crippen molar-refractivity contribution in [1.29, 1.82) is 0 Å². The van der Waals surface area contributed by atoms with Crippen LogP contribution in [-0.2, 0) is 22.3 Å². The van der Waals surface area contributed by atoms with Gasteiger partial charge in [0.2, 0.25) is 0 Å². The molecule has 1 aromatic rings. The number of hydrogen-bond acceptors (Lipinski definition) is 5. The molecule has 5 nitrogen and oxygen atoms in total. The normalized spacial score (nSPS) is 32.2. The van der Waals surface area contributed by atoms with Gasteiger partial charge in [0.25, 0.3) is 0 Å². The Morgan fingerprint density at radius 2 is 1.43 bits per heavy atom. The molecule has 30 heavy (non-hydrogen) atoms. The second kappa shape index (κ2) is 8.09. The molecule has 0 N–H and O–H groups in total. The minimum absolute atomic E-state index is 0.455. The fourth-order valence-corrected chi connectivity index (χ4v) is 6.56. The zero-order chi connectivity index (χ0) is 20.0. The predicted molar refractivity (Wildman–Crippen MR) is 119 cm³/mol. The maximum Gasteiger partial charge on any atom is 0.0755 e. The van der Waals surface area contributed by atoms with Crippen molar-refractivity contribution in [2.24, 2.45) is 5.41 Å². The SMILES string of the molecule is c1cc2c(cc1N1CC3CCC(C1)O3)CCN(N1CCC3(CCOCC3)CC1)CC2. The van der Waals surface area contributed by atoms with E-state index in [2.05, 4.69) is 33.1 Å². The summed E-state index contributed by atoms with van der Waals surface area (Å²) in [5.41, 5.74) is 5.14. The van der Waals surface area contributed by atoms with Crippen LogP contribution in [0.3, 0.4) is 0 Å². The van der Waals surface area contributed by atoms with Gasteiger partial charge < -0.3 is 14.4 Å². The van der Waals surface area contributed by atoms with Crippen LogP contribution in [0.15, 0.2) is 18.2 Å². The van der Waals surface area contributed by atoms with Gasteiger partial charge in [-0.25, -0.2) is 10.0 Å². The molecule has 0 amide bonds. The number of ether oxygens (including phenoxy) is 2. The molecule has 0 radical (unpaired) electrons. The lowest BCUT2D eigenvalue weighted by atomic mass is 9.73. The van der Waals surface area contributed by atoms with Crippen LogP contribution in [0.5, 0.6) is 0 Å². The molecule has 5 aliphatic heterocycles. The summed E-state index contributed by atoms with van der Waals surface area (Å²) < 4.78 is 11.7. The molecule has 4 fully saturated rings. The topological polar surface area (TPSA) is 28.2 Å². The highest BCUT2D eigenvalue weighted by Gasteiger charge is 2.38. The van der Waals surface area contributed by atoms with Crippen molar-refractivity contribution < 1.29 is 9.47 Å². The number of hydrogen-bond donors (Lipinski definition) is 0. The number of benzene rings is 1. The minimum atomic E-state index is 0.455. The first-order valence-corrected chi connectivity index (χ1v) is 12.4. The van der Waals surface area contributed by atoms with E-state index in [4.69, 9.17) is 9.47 Å². The lowest BCUT2D eigenvalue weighted by molar-refractivity contribution is -0.0898. The third-order valence-electron chi connectivity index (χ3n) is 8.63. The summed E-state index contributed by atoms with van der Waals surface area (Å²) in [7, 11) is 0. The Balaban J connectivity index is 1.09. The van der Waals surface area contributed by atoms with Gasteiger partial charge in [-0.15, -0.1) is 0 Å². The zero-order valence-corrected chi connectivity index (χ0v) is 18.4. The van der Waals surface area contributed by atoms with Crippen molar-refractivity contribution in [1.82, 2.24) is 10.0 Å². The third-order valence-corrected chi connectivity index (χ3v) is 8.63. The lowest BCUT2D eigenvalue weighted by Gasteiger charge is -2.47. The van der Waals surface area contributed by atoms with Crippen LogP contribution in [0.1, 0.15) is 49.7 Å². The van der Waals surface area contributed by atoms with Gasteiger partial charge in [-0.1, -0.05) is 6.07 Å². The van der Waals surface area contributed by atoms with E-state index in [1.165, 1.54) is 83.2 Å². The average molecular weight is 412 g/mol. The number of rotatable bonds is 2. The van der Waals surface area contributed by atoms with Crippen molar-refractivity contribution in [3.63, 3.8) is 0 Å². The molecule has 1 spiro atoms. The van der Waals surface area contributed by atoms with E-state index in [-0.39, 0.29) is 0 Å². The molecular weight excluding hydrogens is 374 g/mol. The second-order valence-corrected chi connectivity index (χ2v) is 10.3. The first-order valence-electron chi connectivity index (χ1n) is 12.4. The molecular formula is C25H37N3O2. The van der Waals surface area contributed by atoms with Crippen LogP contribution >= 0.6 is 0 Å². The second-order valence-electron chi connectivity index (χ2n) is 10.3. The fraction of sp³-hybridized carbons (Fsp3) is 0.760. The number of piperidine rings is 1. The van der Waals surface area contributed by atoms with Gasteiger partial charge in [0.1, 0.15) is 0 Å². The fourth-order valence-electron chi connectivity index (χ4n) is 6.56. The number of hydrazine groups is 1. The van der Waals surface area contributed by atoms with E-state index in [1.807, 2.05) is 0 Å². The van der Waals surface area contributed by atoms with Gasteiger partial charge in [-0.3, -0.25) is 0 Å². The minimum Gasteiger partial charge on any atom is -0.381 e. The van der Waals surface area contributed by atoms with Gasteiger partial charge in [0.15, 0.2) is 0 Å². The zero-order valence-electron chi connectivity index (χ0n) is 18.4. The van der Waals surface area contributed by atoms with E-state index >= 15 is 0 Å². The molecule has 2 atom stereocenters. The third kappa shape index (κ3) is 3.79. The van der Waals surface area contributed by atoms with Crippen LogP contribution in [-0.4, -0.2) is 74.7 Å². The van der Waals surface area contributed by atoms with Crippen LogP contribution < -0.4 is 4.90 Å². The van der Waals surface area contributed by atoms with Crippen LogP contribution in [0.2, 0.25) is 0 Å². The summed E-state index contributed by atoms with van der Waals surface area (Å²) in [6.07, 6.45) is 11.0. The first kappa shape index (κ1) is 19.5. The average Bonchev–Trinajstić information content (AvgIpc) is 2.99. The number of fused-ring (bicyclic) bond motifs is 3. The quantitative estimate of drug-likeness (QED) is 0.745. The summed E-state index contributed by atoms with van der Waals surface area (Å²) >= 11 is 0. The first-order chi connectivity index (χ1) is 14.8. The molecule has 2 unspecified atom stereocenters. The monoisotopic (exact) mass is 411 g/mol. The van der Waals surface area contributed by atoms with Crippen molar-refractivity contribution in [3.8, 4) is 0 Å². The number of nitrogens with zero attached hydrogens (tertiary/aromatic N) is 3. The van der Waals surface area contributed by atoms with E-state index in [0.29, 0.717) is 17.6 Å². The Labute approximate surface area is 181 Å². The Hall–Kier alpha value is -1.14. The van der Waals surface area contributed by atoms with E-state index < -0.39 is 0 Å². The summed E-state index contributed by atoms with van der Waals surface area (Å²) in [4.78, 5) is 2.58. The highest BCUT2D eigenvalue weighted by Crippen LogP contribution is 2.41.